The Morgan fingerprint density at radius 2 is 0.556 bits per heavy atom. The van der Waals surface area contributed by atoms with Crippen LogP contribution in [-0.4, -0.2) is 0 Å². The molecule has 8 rings (SSSR count). The van der Waals surface area contributed by atoms with E-state index in [0.717, 1.165) is 33.6 Å². The van der Waals surface area contributed by atoms with Crippen molar-refractivity contribution in [1.82, 2.24) is 0 Å². The van der Waals surface area contributed by atoms with Gasteiger partial charge in [-0.15, -0.1) is 0 Å². The first-order valence-electron chi connectivity index (χ1n) is 14.7. The van der Waals surface area contributed by atoms with Gasteiger partial charge in [-0.1, -0.05) is 121 Å². The van der Waals surface area contributed by atoms with E-state index >= 15 is 0 Å². The molecular weight excluding hydrogens is 638 g/mol. The molecule has 4 aromatic rings. The Balaban J connectivity index is 0.000000155. The van der Waals surface area contributed by atoms with E-state index in [4.69, 9.17) is 18.1 Å². The predicted molar refractivity (Wildman–Crippen MR) is 176 cm³/mol. The Hall–Kier alpha value is -1.90. The Labute approximate surface area is 281 Å². The number of rotatable bonds is 6. The molecule has 7 heteroatoms. The molecule has 4 fully saturated rings. The van der Waals surface area contributed by atoms with E-state index in [-0.39, 0.29) is 41.5 Å². The van der Waals surface area contributed by atoms with Crippen molar-refractivity contribution in [1.29, 1.82) is 0 Å². The standard InChI is InChI=1S/2C19H16O2P.Fe/c2*1-3-9-15(10-4-1)18-19(16-11-5-2-6-12-16)21-22(20-18)17-13-7-8-14-17;/h2*1-14,18-19H;/q;;+2. The first-order chi connectivity index (χ1) is 21.8. The van der Waals surface area contributed by atoms with Gasteiger partial charge in [-0.25, -0.2) is 0 Å². The molecule has 4 nitrogen and oxygen atoms in total. The van der Waals surface area contributed by atoms with Crippen LogP contribution in [0.5, 0.6) is 0 Å². The molecule has 45 heavy (non-hydrogen) atoms. The third-order valence-electron chi connectivity index (χ3n) is 7.61. The minimum absolute atomic E-state index is 0. The van der Waals surface area contributed by atoms with Gasteiger partial charge >= 0.3 is 17.1 Å². The molecule has 224 valence electrons. The molecular formula is C38H32FeO4P2+2. The van der Waals surface area contributed by atoms with E-state index in [2.05, 4.69) is 74.2 Å². The summed E-state index contributed by atoms with van der Waals surface area (Å²) < 4.78 is 25.2. The normalized spacial score (nSPS) is 28.4. The van der Waals surface area contributed by atoms with Crippen LogP contribution in [0.1, 0.15) is 46.7 Å². The maximum absolute atomic E-state index is 6.30. The molecule has 2 heterocycles. The summed E-state index contributed by atoms with van der Waals surface area (Å²) in [4.78, 5) is 0. The first-order valence-corrected chi connectivity index (χ1v) is 17.1. The van der Waals surface area contributed by atoms with Crippen LogP contribution in [-0.2, 0) is 35.2 Å². The van der Waals surface area contributed by atoms with Crippen molar-refractivity contribution < 1.29 is 35.2 Å². The molecule has 0 N–H and O–H groups in total. The monoisotopic (exact) mass is 670 g/mol. The summed E-state index contributed by atoms with van der Waals surface area (Å²) in [5.74, 6) is 0. The summed E-state index contributed by atoms with van der Waals surface area (Å²) in [6.45, 7) is 0. The van der Waals surface area contributed by atoms with Crippen molar-refractivity contribution in [3.8, 4) is 0 Å². The summed E-state index contributed by atoms with van der Waals surface area (Å²) in [6.07, 6.45) is 16.1. The fraction of sp³-hybridized carbons (Fsp3) is 0.105. The van der Waals surface area contributed by atoms with Crippen molar-refractivity contribution in [2.45, 2.75) is 24.4 Å². The van der Waals surface area contributed by atoms with Crippen LogP contribution in [0.15, 0.2) is 121 Å². The van der Waals surface area contributed by atoms with Gasteiger partial charge in [0.25, 0.3) is 0 Å². The molecule has 2 aliphatic carbocycles. The molecule has 0 aromatic heterocycles. The van der Waals surface area contributed by atoms with E-state index in [1.165, 1.54) is 0 Å². The van der Waals surface area contributed by atoms with Gasteiger partial charge in [0.15, 0.2) is 16.8 Å². The molecule has 0 spiro atoms. The Morgan fingerprint density at radius 1 is 0.333 bits per heavy atom. The second-order valence-corrected chi connectivity index (χ2v) is 13.5. The topological polar surface area (TPSA) is 36.9 Å². The van der Waals surface area contributed by atoms with Crippen molar-refractivity contribution in [2.24, 2.45) is 0 Å². The van der Waals surface area contributed by atoms with E-state index in [1.54, 1.807) is 0 Å². The smallest absolute Gasteiger partial charge is 0.322 e. The molecule has 4 atom stereocenters. The summed E-state index contributed by atoms with van der Waals surface area (Å²) in [7, 11) is -2.06. The van der Waals surface area contributed by atoms with E-state index in [9.17, 15) is 0 Å². The zero-order valence-electron chi connectivity index (χ0n) is 24.4. The zero-order valence-corrected chi connectivity index (χ0v) is 27.2. The Morgan fingerprint density at radius 3 is 0.778 bits per heavy atom. The van der Waals surface area contributed by atoms with E-state index in [1.807, 2.05) is 98.5 Å². The van der Waals surface area contributed by atoms with Crippen LogP contribution in [0.4, 0.5) is 0 Å². The van der Waals surface area contributed by atoms with Gasteiger partial charge < -0.3 is 18.1 Å². The third-order valence-corrected chi connectivity index (χ3v) is 10.7. The summed E-state index contributed by atoms with van der Waals surface area (Å²) in [5.41, 5.74) is 6.91. The third kappa shape index (κ3) is 7.98. The van der Waals surface area contributed by atoms with Gasteiger partial charge in [-0.2, -0.15) is 0 Å². The van der Waals surface area contributed by atoms with Crippen molar-refractivity contribution in [3.05, 3.63) is 206 Å². The summed E-state index contributed by atoms with van der Waals surface area (Å²) in [5, 5.41) is 0. The summed E-state index contributed by atoms with van der Waals surface area (Å²) >= 11 is 0. The van der Waals surface area contributed by atoms with Crippen molar-refractivity contribution in [2.75, 3.05) is 0 Å². The SMILES string of the molecule is [CH]1[CH][CH][C](P2OC(c3ccccc3)C(c3ccccc3)O2)[CH]1.[CH]1[CH][CH][C](P2OC(c3ccccc3)C(c3ccccc3)O2)[CH]1.[Fe+2]. The largest absolute Gasteiger partial charge is 2.00 e. The second kappa shape index (κ2) is 16.3. The van der Waals surface area contributed by atoms with Crippen molar-refractivity contribution >= 4 is 16.8 Å². The number of hydrogen-bond acceptors (Lipinski definition) is 4. The van der Waals surface area contributed by atoms with Crippen LogP contribution >= 0.6 is 16.8 Å². The molecule has 10 radical (unpaired) electrons. The molecule has 4 unspecified atom stereocenters. The van der Waals surface area contributed by atoms with Crippen LogP contribution in [0, 0.1) is 62.7 Å². The second-order valence-electron chi connectivity index (χ2n) is 10.5. The maximum atomic E-state index is 6.30. The minimum atomic E-state index is -1.03. The molecule has 2 saturated heterocycles. The number of hydrogen-bond donors (Lipinski definition) is 0. The molecule has 4 aromatic carbocycles. The van der Waals surface area contributed by atoms with Gasteiger partial charge in [0.2, 0.25) is 0 Å². The Bertz CT molecular complexity index is 1210. The maximum Gasteiger partial charge on any atom is 2.00 e. The van der Waals surface area contributed by atoms with Gasteiger partial charge in [0.05, 0.1) is 11.3 Å². The Kier molecular flexibility index (Phi) is 11.9. The average molecular weight is 670 g/mol. The van der Waals surface area contributed by atoms with E-state index < -0.39 is 16.8 Å². The van der Waals surface area contributed by atoms with Crippen LogP contribution in [0.2, 0.25) is 0 Å². The quantitative estimate of drug-likeness (QED) is 0.151. The molecule has 2 aliphatic heterocycles. The first kappa shape index (κ1) is 33.0. The van der Waals surface area contributed by atoms with Crippen LogP contribution < -0.4 is 0 Å². The van der Waals surface area contributed by atoms with Gasteiger partial charge in [0.1, 0.15) is 24.4 Å². The average Bonchev–Trinajstić information content (AvgIpc) is 3.93. The van der Waals surface area contributed by atoms with E-state index in [0.29, 0.717) is 0 Å². The molecule has 0 amide bonds. The predicted octanol–water partition coefficient (Wildman–Crippen LogP) is 10.4. The van der Waals surface area contributed by atoms with Crippen LogP contribution in [0.3, 0.4) is 0 Å². The minimum Gasteiger partial charge on any atom is -0.322 e. The van der Waals surface area contributed by atoms with Crippen molar-refractivity contribution in [3.63, 3.8) is 0 Å². The fourth-order valence-corrected chi connectivity index (χ4v) is 8.58. The van der Waals surface area contributed by atoms with Gasteiger partial charge in [0, 0.05) is 0 Å². The van der Waals surface area contributed by atoms with Gasteiger partial charge in [-0.05, 0) is 73.6 Å². The van der Waals surface area contributed by atoms with Gasteiger partial charge in [-0.3, -0.25) is 0 Å². The van der Waals surface area contributed by atoms with Crippen LogP contribution in [0.25, 0.3) is 0 Å². The number of benzene rings is 4. The fourth-order valence-electron chi connectivity index (χ4n) is 5.41. The zero-order chi connectivity index (χ0) is 29.6. The molecule has 4 aliphatic rings. The summed E-state index contributed by atoms with van der Waals surface area (Å²) in [6, 6.07) is 41.3. The molecule has 2 saturated carbocycles. The molecule has 0 bridgehead atoms.